The molecule has 4 rings (SSSR count). The standard InChI is InChI=1S/C18H22ClN3O3/c19-13-7-2-1-5-12(13)14-8-15(21-20-14)17(23)22-9-10-4-3-6-11(10)16(22)18(24)25/h1-2,5,7,10-11,14-16,20-21H,3-4,6,8-9H2,(H,24,25). The lowest BCUT2D eigenvalue weighted by Gasteiger charge is -2.26. The first kappa shape index (κ1) is 16.8. The first-order chi connectivity index (χ1) is 12.1. The lowest BCUT2D eigenvalue weighted by Crippen LogP contribution is -2.50. The molecule has 1 aliphatic carbocycles. The molecule has 2 heterocycles. The number of carboxylic acids is 1. The summed E-state index contributed by atoms with van der Waals surface area (Å²) in [5.41, 5.74) is 7.12. The van der Waals surface area contributed by atoms with Gasteiger partial charge >= 0.3 is 5.97 Å². The predicted octanol–water partition coefficient (Wildman–Crippen LogP) is 1.96. The molecule has 3 N–H and O–H groups in total. The van der Waals surface area contributed by atoms with E-state index in [1.54, 1.807) is 4.90 Å². The fourth-order valence-corrected chi connectivity index (χ4v) is 5.00. The second-order valence-corrected chi connectivity index (χ2v) is 7.69. The third-order valence-electron chi connectivity index (χ3n) is 5.91. The van der Waals surface area contributed by atoms with Gasteiger partial charge in [0.25, 0.3) is 0 Å². The van der Waals surface area contributed by atoms with Crippen LogP contribution in [0, 0.1) is 11.8 Å². The Morgan fingerprint density at radius 3 is 2.76 bits per heavy atom. The number of carboxylic acid groups (broad SMARTS) is 1. The maximum Gasteiger partial charge on any atom is 0.326 e. The van der Waals surface area contributed by atoms with E-state index >= 15 is 0 Å². The smallest absolute Gasteiger partial charge is 0.326 e. The summed E-state index contributed by atoms with van der Waals surface area (Å²) >= 11 is 6.25. The topological polar surface area (TPSA) is 81.7 Å². The summed E-state index contributed by atoms with van der Waals surface area (Å²) in [6.07, 6.45) is 3.56. The normalized spacial score (nSPS) is 34.3. The van der Waals surface area contributed by atoms with Crippen LogP contribution in [-0.2, 0) is 9.59 Å². The SMILES string of the molecule is O=C(O)C1C2CCCC2CN1C(=O)C1CC(c2ccccc2Cl)NN1. The van der Waals surface area contributed by atoms with Gasteiger partial charge in [-0.05, 0) is 42.7 Å². The number of nitrogens with one attached hydrogen (secondary N) is 2. The van der Waals surface area contributed by atoms with Crippen molar-refractivity contribution >= 4 is 23.5 Å². The number of likely N-dealkylation sites (tertiary alicyclic amines) is 1. The molecule has 1 amide bonds. The zero-order valence-corrected chi connectivity index (χ0v) is 14.6. The molecule has 2 aliphatic heterocycles. The van der Waals surface area contributed by atoms with E-state index in [9.17, 15) is 14.7 Å². The number of nitrogens with zero attached hydrogens (tertiary/aromatic N) is 1. The summed E-state index contributed by atoms with van der Waals surface area (Å²) in [5.74, 6) is -0.561. The van der Waals surface area contributed by atoms with Gasteiger partial charge < -0.3 is 10.0 Å². The molecule has 134 valence electrons. The van der Waals surface area contributed by atoms with E-state index in [4.69, 9.17) is 11.6 Å². The Morgan fingerprint density at radius 2 is 2.00 bits per heavy atom. The van der Waals surface area contributed by atoms with Crippen molar-refractivity contribution in [3.63, 3.8) is 0 Å². The monoisotopic (exact) mass is 363 g/mol. The van der Waals surface area contributed by atoms with Crippen molar-refractivity contribution < 1.29 is 14.7 Å². The van der Waals surface area contributed by atoms with Crippen LogP contribution in [0.15, 0.2) is 24.3 Å². The van der Waals surface area contributed by atoms with Crippen LogP contribution in [0.3, 0.4) is 0 Å². The van der Waals surface area contributed by atoms with Crippen molar-refractivity contribution in [1.82, 2.24) is 15.8 Å². The highest BCUT2D eigenvalue weighted by Crippen LogP contribution is 2.43. The molecule has 0 radical (unpaired) electrons. The predicted molar refractivity (Wildman–Crippen MR) is 92.8 cm³/mol. The fourth-order valence-electron chi connectivity index (χ4n) is 4.73. The van der Waals surface area contributed by atoms with Crippen LogP contribution < -0.4 is 10.9 Å². The second kappa shape index (κ2) is 6.59. The number of fused-ring (bicyclic) bond motifs is 1. The minimum atomic E-state index is -0.878. The minimum absolute atomic E-state index is 0.0620. The Morgan fingerprint density at radius 1 is 1.20 bits per heavy atom. The average Bonchev–Trinajstić information content (AvgIpc) is 3.29. The third-order valence-corrected chi connectivity index (χ3v) is 6.25. The van der Waals surface area contributed by atoms with E-state index in [2.05, 4.69) is 10.9 Å². The van der Waals surface area contributed by atoms with Crippen LogP contribution >= 0.6 is 11.6 Å². The largest absolute Gasteiger partial charge is 0.480 e. The highest BCUT2D eigenvalue weighted by Gasteiger charge is 2.51. The molecule has 1 aromatic rings. The highest BCUT2D eigenvalue weighted by atomic mass is 35.5. The number of hydrazine groups is 1. The van der Waals surface area contributed by atoms with Crippen molar-refractivity contribution in [3.8, 4) is 0 Å². The van der Waals surface area contributed by atoms with E-state index < -0.39 is 18.1 Å². The average molecular weight is 364 g/mol. The summed E-state index contributed by atoms with van der Waals surface area (Å²) in [7, 11) is 0. The molecule has 0 aromatic heterocycles. The molecule has 3 aliphatic rings. The molecule has 5 atom stereocenters. The Kier molecular flexibility index (Phi) is 4.43. The summed E-state index contributed by atoms with van der Waals surface area (Å²) in [4.78, 5) is 26.3. The van der Waals surface area contributed by atoms with Gasteiger partial charge in [0, 0.05) is 17.6 Å². The number of halogens is 1. The zero-order valence-electron chi connectivity index (χ0n) is 13.8. The second-order valence-electron chi connectivity index (χ2n) is 7.28. The number of amides is 1. The molecule has 0 spiro atoms. The van der Waals surface area contributed by atoms with Gasteiger partial charge in [-0.3, -0.25) is 4.79 Å². The third kappa shape index (κ3) is 2.92. The molecule has 1 saturated carbocycles. The summed E-state index contributed by atoms with van der Waals surface area (Å²) in [6.45, 7) is 0.565. The molecule has 5 unspecified atom stereocenters. The number of hydrogen-bond acceptors (Lipinski definition) is 4. The van der Waals surface area contributed by atoms with Gasteiger partial charge in [-0.2, -0.15) is 0 Å². The van der Waals surface area contributed by atoms with Crippen molar-refractivity contribution in [1.29, 1.82) is 0 Å². The quantitative estimate of drug-likeness (QED) is 0.764. The summed E-state index contributed by atoms with van der Waals surface area (Å²) in [5, 5.41) is 10.3. The number of hydrogen-bond donors (Lipinski definition) is 3. The Labute approximate surface area is 151 Å². The molecular formula is C18H22ClN3O3. The van der Waals surface area contributed by atoms with Crippen LogP contribution in [0.4, 0.5) is 0 Å². The van der Waals surface area contributed by atoms with Crippen LogP contribution in [-0.4, -0.2) is 40.5 Å². The van der Waals surface area contributed by atoms with Crippen molar-refractivity contribution in [2.75, 3.05) is 6.54 Å². The van der Waals surface area contributed by atoms with Crippen LogP contribution in [0.2, 0.25) is 5.02 Å². The van der Waals surface area contributed by atoms with Gasteiger partial charge in [0.15, 0.2) is 0 Å². The van der Waals surface area contributed by atoms with E-state index in [1.165, 1.54) is 0 Å². The van der Waals surface area contributed by atoms with Crippen molar-refractivity contribution in [2.24, 2.45) is 11.8 Å². The Hall–Kier alpha value is -1.63. The van der Waals surface area contributed by atoms with Gasteiger partial charge in [0.1, 0.15) is 12.1 Å². The van der Waals surface area contributed by atoms with E-state index in [-0.39, 0.29) is 17.9 Å². The minimum Gasteiger partial charge on any atom is -0.480 e. The molecule has 1 aromatic carbocycles. The van der Waals surface area contributed by atoms with E-state index in [1.807, 2.05) is 24.3 Å². The lowest BCUT2D eigenvalue weighted by molar-refractivity contribution is -0.150. The highest BCUT2D eigenvalue weighted by molar-refractivity contribution is 6.31. The van der Waals surface area contributed by atoms with Gasteiger partial charge in [-0.15, -0.1) is 0 Å². The molecular weight excluding hydrogens is 342 g/mol. The van der Waals surface area contributed by atoms with Crippen molar-refractivity contribution in [2.45, 2.75) is 43.8 Å². The van der Waals surface area contributed by atoms with Gasteiger partial charge in [-0.1, -0.05) is 36.2 Å². The number of carbonyl (C=O) groups is 2. The molecule has 3 fully saturated rings. The van der Waals surface area contributed by atoms with Crippen molar-refractivity contribution in [3.05, 3.63) is 34.9 Å². The van der Waals surface area contributed by atoms with Gasteiger partial charge in [0.05, 0.1) is 0 Å². The molecule has 0 bridgehead atoms. The van der Waals surface area contributed by atoms with Crippen LogP contribution in [0.25, 0.3) is 0 Å². The number of carbonyl (C=O) groups excluding carboxylic acids is 1. The molecule has 25 heavy (non-hydrogen) atoms. The number of rotatable bonds is 3. The maximum absolute atomic E-state index is 13.0. The Balaban J connectivity index is 1.48. The molecule has 6 nitrogen and oxygen atoms in total. The lowest BCUT2D eigenvalue weighted by atomic mass is 9.94. The summed E-state index contributed by atoms with van der Waals surface area (Å²) in [6, 6.07) is 6.39. The number of aliphatic carboxylic acids is 1. The zero-order chi connectivity index (χ0) is 17.6. The first-order valence-corrected chi connectivity index (χ1v) is 9.23. The fraction of sp³-hybridized carbons (Fsp3) is 0.556. The Bertz CT molecular complexity index is 698. The number of benzene rings is 1. The van der Waals surface area contributed by atoms with E-state index in [0.717, 1.165) is 24.8 Å². The van der Waals surface area contributed by atoms with E-state index in [0.29, 0.717) is 23.9 Å². The molecule has 7 heteroatoms. The van der Waals surface area contributed by atoms with Crippen LogP contribution in [0.1, 0.15) is 37.3 Å². The summed E-state index contributed by atoms with van der Waals surface area (Å²) < 4.78 is 0. The van der Waals surface area contributed by atoms with Crippen LogP contribution in [0.5, 0.6) is 0 Å². The van der Waals surface area contributed by atoms with Gasteiger partial charge in [-0.25, -0.2) is 15.6 Å². The molecule has 2 saturated heterocycles. The first-order valence-electron chi connectivity index (χ1n) is 8.85. The van der Waals surface area contributed by atoms with Gasteiger partial charge in [0.2, 0.25) is 5.91 Å². The maximum atomic E-state index is 13.0.